The molecule has 0 aliphatic heterocycles. The van der Waals surface area contributed by atoms with Crippen molar-refractivity contribution in [2.75, 3.05) is 6.61 Å². The molecule has 112 valence electrons. The van der Waals surface area contributed by atoms with E-state index in [9.17, 15) is 0 Å². The minimum absolute atomic E-state index is 0.158. The van der Waals surface area contributed by atoms with E-state index in [1.165, 1.54) is 11.1 Å². The third kappa shape index (κ3) is 4.48. The van der Waals surface area contributed by atoms with E-state index in [0.29, 0.717) is 11.6 Å². The summed E-state index contributed by atoms with van der Waals surface area (Å²) in [5.74, 6) is 0.941. The molecule has 0 fully saturated rings. The Kier molecular flexibility index (Phi) is 5.20. The van der Waals surface area contributed by atoms with E-state index in [-0.39, 0.29) is 10.8 Å². The van der Waals surface area contributed by atoms with Crippen molar-refractivity contribution < 1.29 is 4.74 Å². The fourth-order valence-corrected chi connectivity index (χ4v) is 1.92. The van der Waals surface area contributed by atoms with Crippen LogP contribution < -0.4 is 10.5 Å². The van der Waals surface area contributed by atoms with Crippen LogP contribution >= 0.6 is 12.2 Å². The average molecular weight is 293 g/mol. The Morgan fingerprint density at radius 2 is 1.80 bits per heavy atom. The monoisotopic (exact) mass is 293 g/mol. The van der Waals surface area contributed by atoms with Crippen LogP contribution in [-0.2, 0) is 5.41 Å². The predicted octanol–water partition coefficient (Wildman–Crippen LogP) is 4.37. The van der Waals surface area contributed by atoms with Crippen LogP contribution in [-0.4, -0.2) is 11.6 Å². The standard InChI is InChI=1S/C17H27NOS/c1-12-11-13(16(2,3)4)7-8-14(12)19-10-9-17(5,6)15(18)20/h7-8,11H,9-10H2,1-6H3,(H2,18,20). The van der Waals surface area contributed by atoms with Crippen LogP contribution in [0.15, 0.2) is 18.2 Å². The van der Waals surface area contributed by atoms with Crippen LogP contribution in [0.4, 0.5) is 0 Å². The number of nitrogens with two attached hydrogens (primary N) is 1. The first-order chi connectivity index (χ1) is 9.04. The van der Waals surface area contributed by atoms with Gasteiger partial charge in [0.2, 0.25) is 0 Å². The molecule has 0 aromatic heterocycles. The molecule has 0 aliphatic carbocycles. The first-order valence-electron chi connectivity index (χ1n) is 7.08. The van der Waals surface area contributed by atoms with Gasteiger partial charge in [-0.05, 0) is 36.0 Å². The highest BCUT2D eigenvalue weighted by molar-refractivity contribution is 7.80. The maximum absolute atomic E-state index is 5.88. The number of aryl methyl sites for hydroxylation is 1. The summed E-state index contributed by atoms with van der Waals surface area (Å²) >= 11 is 5.07. The quantitative estimate of drug-likeness (QED) is 0.819. The van der Waals surface area contributed by atoms with Crippen molar-refractivity contribution >= 4 is 17.2 Å². The molecule has 0 saturated carbocycles. The lowest BCUT2D eigenvalue weighted by molar-refractivity contribution is 0.269. The van der Waals surface area contributed by atoms with Crippen molar-refractivity contribution in [1.29, 1.82) is 0 Å². The molecule has 0 atom stereocenters. The van der Waals surface area contributed by atoms with Gasteiger partial charge in [-0.15, -0.1) is 0 Å². The van der Waals surface area contributed by atoms with Gasteiger partial charge in [-0.25, -0.2) is 0 Å². The summed E-state index contributed by atoms with van der Waals surface area (Å²) in [7, 11) is 0. The van der Waals surface area contributed by atoms with Gasteiger partial charge in [0.05, 0.1) is 11.6 Å². The van der Waals surface area contributed by atoms with Crippen molar-refractivity contribution in [2.45, 2.75) is 53.4 Å². The molecule has 3 heteroatoms. The van der Waals surface area contributed by atoms with Gasteiger partial charge in [0.15, 0.2) is 0 Å². The Labute approximate surface area is 128 Å². The second-order valence-electron chi connectivity index (χ2n) is 7.08. The Hall–Kier alpha value is -1.09. The van der Waals surface area contributed by atoms with Gasteiger partial charge < -0.3 is 10.5 Å². The van der Waals surface area contributed by atoms with E-state index in [0.717, 1.165) is 12.2 Å². The molecule has 20 heavy (non-hydrogen) atoms. The van der Waals surface area contributed by atoms with Gasteiger partial charge in [-0.1, -0.05) is 59.0 Å². The predicted molar refractivity (Wildman–Crippen MR) is 90.6 cm³/mol. The third-order valence-electron chi connectivity index (χ3n) is 3.69. The van der Waals surface area contributed by atoms with Crippen LogP contribution in [0.3, 0.4) is 0 Å². The average Bonchev–Trinajstić information content (AvgIpc) is 2.29. The molecule has 0 amide bonds. The van der Waals surface area contributed by atoms with E-state index in [1.807, 2.05) is 13.8 Å². The van der Waals surface area contributed by atoms with E-state index in [4.69, 9.17) is 22.7 Å². The summed E-state index contributed by atoms with van der Waals surface area (Å²) in [6.45, 7) is 13.5. The zero-order valence-electron chi connectivity index (χ0n) is 13.5. The van der Waals surface area contributed by atoms with Gasteiger partial charge in [0, 0.05) is 5.41 Å². The molecule has 1 aromatic carbocycles. The van der Waals surface area contributed by atoms with Crippen LogP contribution in [0.1, 0.15) is 52.2 Å². The Bertz CT molecular complexity index is 486. The summed E-state index contributed by atoms with van der Waals surface area (Å²) < 4.78 is 5.88. The largest absolute Gasteiger partial charge is 0.493 e. The summed E-state index contributed by atoms with van der Waals surface area (Å²) in [5.41, 5.74) is 8.23. The second kappa shape index (κ2) is 6.13. The summed E-state index contributed by atoms with van der Waals surface area (Å²) in [6, 6.07) is 6.40. The minimum Gasteiger partial charge on any atom is -0.493 e. The van der Waals surface area contributed by atoms with Crippen molar-refractivity contribution in [3.8, 4) is 5.75 Å². The van der Waals surface area contributed by atoms with Crippen molar-refractivity contribution in [1.82, 2.24) is 0 Å². The van der Waals surface area contributed by atoms with E-state index in [1.54, 1.807) is 0 Å². The Morgan fingerprint density at radius 3 is 2.25 bits per heavy atom. The molecule has 0 radical (unpaired) electrons. The molecule has 0 heterocycles. The van der Waals surface area contributed by atoms with Crippen molar-refractivity contribution in [3.63, 3.8) is 0 Å². The highest BCUT2D eigenvalue weighted by Crippen LogP contribution is 2.28. The molecular formula is C17H27NOS. The summed E-state index contributed by atoms with van der Waals surface area (Å²) in [6.07, 6.45) is 0.822. The number of rotatable bonds is 5. The van der Waals surface area contributed by atoms with E-state index >= 15 is 0 Å². The molecule has 1 aromatic rings. The fourth-order valence-electron chi connectivity index (χ4n) is 1.82. The molecule has 0 unspecified atom stereocenters. The number of hydrogen-bond donors (Lipinski definition) is 1. The molecule has 0 spiro atoms. The van der Waals surface area contributed by atoms with Crippen LogP contribution in [0, 0.1) is 12.3 Å². The summed E-state index contributed by atoms with van der Waals surface area (Å²) in [4.78, 5) is 0.543. The van der Waals surface area contributed by atoms with Crippen LogP contribution in [0.25, 0.3) is 0 Å². The van der Waals surface area contributed by atoms with Gasteiger partial charge in [0.1, 0.15) is 5.75 Å². The fraction of sp³-hybridized carbons (Fsp3) is 0.588. The first kappa shape index (κ1) is 17.0. The minimum atomic E-state index is -0.158. The molecule has 0 saturated heterocycles. The van der Waals surface area contributed by atoms with Gasteiger partial charge in [-0.3, -0.25) is 0 Å². The van der Waals surface area contributed by atoms with Crippen molar-refractivity contribution in [2.24, 2.45) is 11.1 Å². The lowest BCUT2D eigenvalue weighted by Gasteiger charge is -2.24. The smallest absolute Gasteiger partial charge is 0.122 e. The molecular weight excluding hydrogens is 266 g/mol. The Balaban J connectivity index is 2.69. The molecule has 0 aliphatic rings. The second-order valence-corrected chi connectivity index (χ2v) is 7.52. The lowest BCUT2D eigenvalue weighted by atomic mass is 9.86. The molecule has 2 N–H and O–H groups in total. The normalized spacial score (nSPS) is 12.3. The number of thiocarbonyl (C=S) groups is 1. The number of hydrogen-bond acceptors (Lipinski definition) is 2. The number of benzene rings is 1. The maximum Gasteiger partial charge on any atom is 0.122 e. The van der Waals surface area contributed by atoms with Crippen molar-refractivity contribution in [3.05, 3.63) is 29.3 Å². The van der Waals surface area contributed by atoms with Crippen LogP contribution in [0.2, 0.25) is 0 Å². The highest BCUT2D eigenvalue weighted by atomic mass is 32.1. The van der Waals surface area contributed by atoms with E-state index < -0.39 is 0 Å². The molecule has 0 bridgehead atoms. The highest BCUT2D eigenvalue weighted by Gasteiger charge is 2.21. The first-order valence-corrected chi connectivity index (χ1v) is 7.49. The molecule has 1 rings (SSSR count). The third-order valence-corrected chi connectivity index (χ3v) is 4.25. The topological polar surface area (TPSA) is 35.2 Å². The van der Waals surface area contributed by atoms with E-state index in [2.05, 4.69) is 45.9 Å². The SMILES string of the molecule is Cc1cc(C(C)(C)C)ccc1OCCC(C)(C)C(N)=S. The number of ether oxygens (including phenoxy) is 1. The van der Waals surface area contributed by atoms with Gasteiger partial charge in [0.25, 0.3) is 0 Å². The zero-order valence-corrected chi connectivity index (χ0v) is 14.4. The summed E-state index contributed by atoms with van der Waals surface area (Å²) in [5, 5.41) is 0. The lowest BCUT2D eigenvalue weighted by Crippen LogP contribution is -2.31. The van der Waals surface area contributed by atoms with Crippen LogP contribution in [0.5, 0.6) is 5.75 Å². The Morgan fingerprint density at radius 1 is 1.20 bits per heavy atom. The zero-order chi connectivity index (χ0) is 15.6. The maximum atomic E-state index is 5.88. The molecule has 2 nitrogen and oxygen atoms in total. The van der Waals surface area contributed by atoms with Gasteiger partial charge >= 0.3 is 0 Å². The van der Waals surface area contributed by atoms with Gasteiger partial charge in [-0.2, -0.15) is 0 Å².